The second kappa shape index (κ2) is 5.48. The molecule has 1 aromatic heterocycles. The highest BCUT2D eigenvalue weighted by Crippen LogP contribution is 2.25. The van der Waals surface area contributed by atoms with Gasteiger partial charge in [-0.25, -0.2) is 4.98 Å². The van der Waals surface area contributed by atoms with E-state index in [4.69, 9.17) is 0 Å². The Hall–Kier alpha value is -0.420. The van der Waals surface area contributed by atoms with Crippen molar-refractivity contribution in [2.45, 2.75) is 18.2 Å². The molecule has 17 heavy (non-hydrogen) atoms. The molecule has 1 fully saturated rings. The SMILES string of the molecule is CC1CCN(C(=O)c2ncccc2Br)CC1Br. The number of likely N-dealkylation sites (tertiary alicyclic amines) is 1. The average Bonchev–Trinajstić information content (AvgIpc) is 2.32. The van der Waals surface area contributed by atoms with Gasteiger partial charge in [0.15, 0.2) is 0 Å². The number of nitrogens with zero attached hydrogens (tertiary/aromatic N) is 2. The van der Waals surface area contributed by atoms with Crippen LogP contribution in [0.15, 0.2) is 22.8 Å². The Morgan fingerprint density at radius 2 is 2.35 bits per heavy atom. The monoisotopic (exact) mass is 360 g/mol. The summed E-state index contributed by atoms with van der Waals surface area (Å²) >= 11 is 7.00. The number of aromatic nitrogens is 1. The first kappa shape index (κ1) is 13.0. The first-order valence-electron chi connectivity index (χ1n) is 5.63. The first-order valence-corrected chi connectivity index (χ1v) is 7.34. The third kappa shape index (κ3) is 2.88. The molecule has 1 saturated heterocycles. The normalized spacial score (nSPS) is 24.8. The van der Waals surface area contributed by atoms with Crippen LogP contribution in [0.5, 0.6) is 0 Å². The number of carbonyl (C=O) groups is 1. The molecule has 0 N–H and O–H groups in total. The summed E-state index contributed by atoms with van der Waals surface area (Å²) in [5.41, 5.74) is 0.502. The Bertz CT molecular complexity index is 425. The summed E-state index contributed by atoms with van der Waals surface area (Å²) in [7, 11) is 0. The van der Waals surface area contributed by atoms with Crippen LogP contribution >= 0.6 is 31.9 Å². The predicted octanol–water partition coefficient (Wildman–Crippen LogP) is 3.09. The molecule has 1 amide bonds. The molecule has 0 spiro atoms. The van der Waals surface area contributed by atoms with Crippen LogP contribution in [0.1, 0.15) is 23.8 Å². The number of pyridine rings is 1. The standard InChI is InChI=1S/C12H14Br2N2O/c1-8-4-6-16(7-10(8)14)12(17)11-9(13)3-2-5-15-11/h2-3,5,8,10H,4,6-7H2,1H3. The summed E-state index contributed by atoms with van der Waals surface area (Å²) in [6.07, 6.45) is 2.68. The Labute approximate surface area is 118 Å². The zero-order valence-electron chi connectivity index (χ0n) is 9.57. The number of hydrogen-bond donors (Lipinski definition) is 0. The Balaban J connectivity index is 2.14. The van der Waals surface area contributed by atoms with E-state index in [9.17, 15) is 4.79 Å². The molecule has 5 heteroatoms. The van der Waals surface area contributed by atoms with Crippen molar-refractivity contribution in [3.8, 4) is 0 Å². The zero-order chi connectivity index (χ0) is 12.4. The van der Waals surface area contributed by atoms with Gasteiger partial charge in [-0.2, -0.15) is 0 Å². The number of carbonyl (C=O) groups excluding carboxylic acids is 1. The molecule has 92 valence electrons. The van der Waals surface area contributed by atoms with Crippen molar-refractivity contribution >= 4 is 37.8 Å². The smallest absolute Gasteiger partial charge is 0.273 e. The van der Waals surface area contributed by atoms with E-state index < -0.39 is 0 Å². The first-order chi connectivity index (χ1) is 8.09. The summed E-state index contributed by atoms with van der Waals surface area (Å²) in [6, 6.07) is 3.66. The molecule has 0 aliphatic carbocycles. The van der Waals surface area contributed by atoms with Gasteiger partial charge >= 0.3 is 0 Å². The Morgan fingerprint density at radius 3 is 3.00 bits per heavy atom. The van der Waals surface area contributed by atoms with Crippen molar-refractivity contribution < 1.29 is 4.79 Å². The van der Waals surface area contributed by atoms with E-state index in [1.54, 1.807) is 6.20 Å². The predicted molar refractivity (Wildman–Crippen MR) is 74.3 cm³/mol. The lowest BCUT2D eigenvalue weighted by atomic mass is 9.99. The molecule has 1 aromatic rings. The minimum Gasteiger partial charge on any atom is -0.336 e. The molecular formula is C12H14Br2N2O. The fourth-order valence-corrected chi connectivity index (χ4v) is 2.94. The van der Waals surface area contributed by atoms with E-state index in [0.717, 1.165) is 24.0 Å². The van der Waals surface area contributed by atoms with Crippen molar-refractivity contribution in [1.82, 2.24) is 9.88 Å². The lowest BCUT2D eigenvalue weighted by Gasteiger charge is -2.34. The van der Waals surface area contributed by atoms with E-state index in [0.29, 0.717) is 16.4 Å². The van der Waals surface area contributed by atoms with E-state index >= 15 is 0 Å². The third-order valence-corrected chi connectivity index (χ3v) is 4.95. The van der Waals surface area contributed by atoms with Crippen molar-refractivity contribution in [2.75, 3.05) is 13.1 Å². The van der Waals surface area contributed by atoms with E-state index in [2.05, 4.69) is 43.8 Å². The van der Waals surface area contributed by atoms with Crippen LogP contribution in [-0.2, 0) is 0 Å². The number of rotatable bonds is 1. The van der Waals surface area contributed by atoms with Gasteiger partial charge in [-0.1, -0.05) is 22.9 Å². The Kier molecular flexibility index (Phi) is 4.20. The maximum atomic E-state index is 12.3. The van der Waals surface area contributed by atoms with Gasteiger partial charge in [-0.15, -0.1) is 0 Å². The van der Waals surface area contributed by atoms with Crippen LogP contribution in [0.4, 0.5) is 0 Å². The Morgan fingerprint density at radius 1 is 1.59 bits per heavy atom. The van der Waals surface area contributed by atoms with Gasteiger partial charge in [0.1, 0.15) is 5.69 Å². The molecule has 2 heterocycles. The fourth-order valence-electron chi connectivity index (χ4n) is 1.90. The lowest BCUT2D eigenvalue weighted by Crippen LogP contribution is -2.43. The maximum absolute atomic E-state index is 12.3. The number of amides is 1. The van der Waals surface area contributed by atoms with Gasteiger partial charge in [0.2, 0.25) is 0 Å². The van der Waals surface area contributed by atoms with Gasteiger partial charge < -0.3 is 4.90 Å². The molecule has 0 radical (unpaired) electrons. The molecular weight excluding hydrogens is 348 g/mol. The van der Waals surface area contributed by atoms with Crippen LogP contribution < -0.4 is 0 Å². The molecule has 1 aliphatic heterocycles. The average molecular weight is 362 g/mol. The molecule has 2 atom stereocenters. The molecule has 3 nitrogen and oxygen atoms in total. The summed E-state index contributed by atoms with van der Waals surface area (Å²) in [5.74, 6) is 0.625. The molecule has 1 aliphatic rings. The second-order valence-electron chi connectivity index (χ2n) is 4.37. The summed E-state index contributed by atoms with van der Waals surface area (Å²) in [5, 5.41) is 0. The molecule has 2 rings (SSSR count). The van der Waals surface area contributed by atoms with Crippen molar-refractivity contribution in [3.63, 3.8) is 0 Å². The quantitative estimate of drug-likeness (QED) is 0.720. The van der Waals surface area contributed by atoms with Gasteiger partial charge in [-0.3, -0.25) is 4.79 Å². The topological polar surface area (TPSA) is 33.2 Å². The minimum atomic E-state index is 0.00817. The van der Waals surface area contributed by atoms with Gasteiger partial charge in [0, 0.05) is 28.6 Å². The number of hydrogen-bond acceptors (Lipinski definition) is 2. The van der Waals surface area contributed by atoms with Crippen molar-refractivity contribution in [1.29, 1.82) is 0 Å². The van der Waals surface area contributed by atoms with Crippen LogP contribution in [-0.4, -0.2) is 33.7 Å². The van der Waals surface area contributed by atoms with E-state index in [1.165, 1.54) is 0 Å². The minimum absolute atomic E-state index is 0.00817. The zero-order valence-corrected chi connectivity index (χ0v) is 12.7. The number of halogens is 2. The van der Waals surface area contributed by atoms with Gasteiger partial charge in [0.25, 0.3) is 5.91 Å². The largest absolute Gasteiger partial charge is 0.336 e. The summed E-state index contributed by atoms with van der Waals surface area (Å²) in [4.78, 5) is 18.7. The van der Waals surface area contributed by atoms with Crippen molar-refractivity contribution in [2.24, 2.45) is 5.92 Å². The highest BCUT2D eigenvalue weighted by Gasteiger charge is 2.28. The van der Waals surface area contributed by atoms with Crippen LogP contribution in [0.25, 0.3) is 0 Å². The molecule has 0 saturated carbocycles. The van der Waals surface area contributed by atoms with Crippen molar-refractivity contribution in [3.05, 3.63) is 28.5 Å². The fraction of sp³-hybridized carbons (Fsp3) is 0.500. The number of piperidine rings is 1. The molecule has 0 aromatic carbocycles. The van der Waals surface area contributed by atoms with Crippen LogP contribution in [0.3, 0.4) is 0 Å². The highest BCUT2D eigenvalue weighted by atomic mass is 79.9. The molecule has 2 unspecified atom stereocenters. The lowest BCUT2D eigenvalue weighted by molar-refractivity contribution is 0.0699. The van der Waals surface area contributed by atoms with E-state index in [-0.39, 0.29) is 5.91 Å². The number of alkyl halides is 1. The third-order valence-electron chi connectivity index (χ3n) is 3.11. The van der Waals surface area contributed by atoms with Crippen LogP contribution in [0.2, 0.25) is 0 Å². The van der Waals surface area contributed by atoms with Crippen LogP contribution in [0, 0.1) is 5.92 Å². The van der Waals surface area contributed by atoms with Gasteiger partial charge in [0.05, 0.1) is 0 Å². The highest BCUT2D eigenvalue weighted by molar-refractivity contribution is 9.10. The van der Waals surface area contributed by atoms with E-state index in [1.807, 2.05) is 17.0 Å². The summed E-state index contributed by atoms with van der Waals surface area (Å²) in [6.45, 7) is 3.77. The summed E-state index contributed by atoms with van der Waals surface area (Å²) < 4.78 is 0.759. The second-order valence-corrected chi connectivity index (χ2v) is 6.40. The van der Waals surface area contributed by atoms with Gasteiger partial charge in [-0.05, 0) is 40.4 Å². The molecule has 0 bridgehead atoms. The maximum Gasteiger partial charge on any atom is 0.273 e.